The number of aromatic nitrogens is 2. The lowest BCUT2D eigenvalue weighted by Gasteiger charge is -2.09. The summed E-state index contributed by atoms with van der Waals surface area (Å²) in [5.41, 5.74) is 1.94. The molecule has 0 radical (unpaired) electrons. The molecule has 0 spiro atoms. The third kappa shape index (κ3) is 3.06. The summed E-state index contributed by atoms with van der Waals surface area (Å²) in [5.74, 6) is -0.319. The van der Waals surface area contributed by atoms with Crippen LogP contribution >= 0.6 is 0 Å². The predicted molar refractivity (Wildman–Crippen MR) is 88.7 cm³/mol. The minimum atomic E-state index is -0.319. The Morgan fingerprint density at radius 2 is 1.91 bits per heavy atom. The highest BCUT2D eigenvalue weighted by Gasteiger charge is 2.13. The average molecular weight is 309 g/mol. The van der Waals surface area contributed by atoms with Crippen molar-refractivity contribution in [2.24, 2.45) is 0 Å². The van der Waals surface area contributed by atoms with Crippen molar-refractivity contribution in [2.45, 2.75) is 13.3 Å². The summed E-state index contributed by atoms with van der Waals surface area (Å²) in [7, 11) is 0. The number of anilines is 1. The third-order valence-electron chi connectivity index (χ3n) is 3.71. The molecule has 23 heavy (non-hydrogen) atoms. The highest BCUT2D eigenvalue weighted by Crippen LogP contribution is 2.17. The van der Waals surface area contributed by atoms with Gasteiger partial charge in [0.15, 0.2) is 0 Å². The molecule has 3 N–H and O–H groups in total. The largest absolute Gasteiger partial charge is 0.327 e. The predicted octanol–water partition coefficient (Wildman–Crippen LogP) is 1.71. The van der Waals surface area contributed by atoms with Gasteiger partial charge in [-0.15, -0.1) is 0 Å². The van der Waals surface area contributed by atoms with Gasteiger partial charge in [0.25, 0.3) is 5.56 Å². The standard InChI is InChI=1S/C17H15N3O3/c1-10-12-4-2-3-5-14(12)20-17(23)13(10)8-16(22)19-11-6-7-15(21)18-9-11/h2-7,9H,8H2,1H3,(H,18,21)(H,19,22)(H,20,23). The summed E-state index contributed by atoms with van der Waals surface area (Å²) >= 11 is 0. The Bertz CT molecular complexity index is 981. The average Bonchev–Trinajstić information content (AvgIpc) is 2.54. The van der Waals surface area contributed by atoms with Crippen LogP contribution in [0.2, 0.25) is 0 Å². The van der Waals surface area contributed by atoms with Crippen LogP contribution in [0.25, 0.3) is 10.9 Å². The Kier molecular flexibility index (Phi) is 3.80. The maximum absolute atomic E-state index is 12.2. The van der Waals surface area contributed by atoms with Crippen LogP contribution in [0.1, 0.15) is 11.1 Å². The van der Waals surface area contributed by atoms with Gasteiger partial charge in [0, 0.05) is 28.7 Å². The van der Waals surface area contributed by atoms with E-state index >= 15 is 0 Å². The molecule has 6 heteroatoms. The molecule has 3 aromatic rings. The fourth-order valence-electron chi connectivity index (χ4n) is 2.52. The lowest BCUT2D eigenvalue weighted by molar-refractivity contribution is -0.115. The SMILES string of the molecule is Cc1c(CC(=O)Nc2ccc(=O)[nH]c2)c(=O)[nH]c2ccccc12. The lowest BCUT2D eigenvalue weighted by Crippen LogP contribution is -2.22. The molecule has 2 aromatic heterocycles. The Morgan fingerprint density at radius 3 is 2.65 bits per heavy atom. The van der Waals surface area contributed by atoms with E-state index in [1.165, 1.54) is 18.3 Å². The van der Waals surface area contributed by atoms with Crippen molar-refractivity contribution in [1.29, 1.82) is 0 Å². The van der Waals surface area contributed by atoms with Crippen molar-refractivity contribution in [3.8, 4) is 0 Å². The van der Waals surface area contributed by atoms with E-state index in [4.69, 9.17) is 0 Å². The van der Waals surface area contributed by atoms with Gasteiger partial charge in [-0.3, -0.25) is 14.4 Å². The molecule has 2 heterocycles. The molecule has 0 aliphatic carbocycles. The number of para-hydroxylation sites is 1. The Hall–Kier alpha value is -3.15. The Morgan fingerprint density at radius 1 is 1.13 bits per heavy atom. The summed E-state index contributed by atoms with van der Waals surface area (Å²) in [6.07, 6.45) is 1.38. The van der Waals surface area contributed by atoms with Crippen molar-refractivity contribution in [1.82, 2.24) is 9.97 Å². The van der Waals surface area contributed by atoms with Crippen molar-refractivity contribution in [3.05, 3.63) is 74.4 Å². The zero-order valence-electron chi connectivity index (χ0n) is 12.5. The van der Waals surface area contributed by atoms with Gasteiger partial charge >= 0.3 is 0 Å². The van der Waals surface area contributed by atoms with E-state index in [0.29, 0.717) is 11.3 Å². The summed E-state index contributed by atoms with van der Waals surface area (Å²) < 4.78 is 0. The number of amides is 1. The first-order valence-corrected chi connectivity index (χ1v) is 7.13. The molecule has 0 aliphatic heterocycles. The second-order valence-electron chi connectivity index (χ2n) is 5.27. The smallest absolute Gasteiger partial charge is 0.252 e. The van der Waals surface area contributed by atoms with Crippen LogP contribution in [0.4, 0.5) is 5.69 Å². The van der Waals surface area contributed by atoms with Crippen LogP contribution in [-0.4, -0.2) is 15.9 Å². The van der Waals surface area contributed by atoms with Gasteiger partial charge in [0.1, 0.15) is 0 Å². The molecule has 1 aromatic carbocycles. The van der Waals surface area contributed by atoms with Gasteiger partial charge in [-0.1, -0.05) is 18.2 Å². The van der Waals surface area contributed by atoms with Crippen molar-refractivity contribution >= 4 is 22.5 Å². The number of hydrogen-bond donors (Lipinski definition) is 3. The van der Waals surface area contributed by atoms with Gasteiger partial charge in [0.05, 0.1) is 12.1 Å². The van der Waals surface area contributed by atoms with Gasteiger partial charge in [-0.05, 0) is 24.6 Å². The fraction of sp³-hybridized carbons (Fsp3) is 0.118. The van der Waals surface area contributed by atoms with Gasteiger partial charge in [0.2, 0.25) is 11.5 Å². The van der Waals surface area contributed by atoms with E-state index in [2.05, 4.69) is 15.3 Å². The zero-order chi connectivity index (χ0) is 16.4. The molecule has 0 saturated heterocycles. The fourth-order valence-corrected chi connectivity index (χ4v) is 2.52. The molecule has 0 saturated carbocycles. The maximum atomic E-state index is 12.2. The summed E-state index contributed by atoms with van der Waals surface area (Å²) in [6.45, 7) is 1.83. The number of rotatable bonds is 3. The van der Waals surface area contributed by atoms with Crippen LogP contribution in [0.15, 0.2) is 52.2 Å². The van der Waals surface area contributed by atoms with Crippen LogP contribution in [-0.2, 0) is 11.2 Å². The number of aromatic amines is 2. The second kappa shape index (κ2) is 5.92. The molecule has 6 nitrogen and oxygen atoms in total. The maximum Gasteiger partial charge on any atom is 0.252 e. The van der Waals surface area contributed by atoms with Crippen LogP contribution in [0, 0.1) is 6.92 Å². The Balaban J connectivity index is 1.89. The minimum absolute atomic E-state index is 0.0366. The van der Waals surface area contributed by atoms with Crippen molar-refractivity contribution < 1.29 is 4.79 Å². The van der Waals surface area contributed by atoms with Gasteiger partial charge < -0.3 is 15.3 Å². The number of carbonyl (C=O) groups is 1. The van der Waals surface area contributed by atoms with E-state index in [9.17, 15) is 14.4 Å². The van der Waals surface area contributed by atoms with Crippen molar-refractivity contribution in [3.63, 3.8) is 0 Å². The molecular weight excluding hydrogens is 294 g/mol. The molecule has 3 rings (SSSR count). The van der Waals surface area contributed by atoms with E-state index in [1.54, 1.807) is 0 Å². The number of fused-ring (bicyclic) bond motifs is 1. The number of carbonyl (C=O) groups excluding carboxylic acids is 1. The van der Waals surface area contributed by atoms with Gasteiger partial charge in [-0.25, -0.2) is 0 Å². The third-order valence-corrected chi connectivity index (χ3v) is 3.71. The van der Waals surface area contributed by atoms with E-state index in [-0.39, 0.29) is 23.4 Å². The highest BCUT2D eigenvalue weighted by molar-refractivity contribution is 5.93. The molecule has 0 atom stereocenters. The summed E-state index contributed by atoms with van der Waals surface area (Å²) in [5, 5.41) is 3.57. The number of aryl methyl sites for hydroxylation is 1. The highest BCUT2D eigenvalue weighted by atomic mass is 16.2. The first-order valence-electron chi connectivity index (χ1n) is 7.13. The second-order valence-corrected chi connectivity index (χ2v) is 5.27. The number of benzene rings is 1. The molecule has 0 bridgehead atoms. The van der Waals surface area contributed by atoms with Crippen LogP contribution in [0.3, 0.4) is 0 Å². The van der Waals surface area contributed by atoms with Crippen LogP contribution < -0.4 is 16.4 Å². The molecular formula is C17H15N3O3. The molecule has 0 unspecified atom stereocenters. The monoisotopic (exact) mass is 309 g/mol. The van der Waals surface area contributed by atoms with E-state index in [0.717, 1.165) is 16.5 Å². The molecule has 1 amide bonds. The molecule has 116 valence electrons. The molecule has 0 aliphatic rings. The first kappa shape index (κ1) is 14.8. The number of H-pyrrole nitrogens is 2. The molecule has 0 fully saturated rings. The Labute approximate surface area is 131 Å². The lowest BCUT2D eigenvalue weighted by atomic mass is 10.0. The minimum Gasteiger partial charge on any atom is -0.327 e. The quantitative estimate of drug-likeness (QED) is 0.687. The number of nitrogens with one attached hydrogen (secondary N) is 3. The first-order chi connectivity index (χ1) is 11.0. The zero-order valence-corrected chi connectivity index (χ0v) is 12.5. The normalized spacial score (nSPS) is 10.7. The van der Waals surface area contributed by atoms with Crippen molar-refractivity contribution in [2.75, 3.05) is 5.32 Å². The summed E-state index contributed by atoms with van der Waals surface area (Å²) in [4.78, 5) is 40.6. The van der Waals surface area contributed by atoms with Gasteiger partial charge in [-0.2, -0.15) is 0 Å². The van der Waals surface area contributed by atoms with E-state index in [1.807, 2.05) is 31.2 Å². The van der Waals surface area contributed by atoms with Crippen LogP contribution in [0.5, 0.6) is 0 Å². The topological polar surface area (TPSA) is 94.8 Å². The van der Waals surface area contributed by atoms with E-state index < -0.39 is 0 Å². The number of hydrogen-bond acceptors (Lipinski definition) is 3. The number of pyridine rings is 2. The summed E-state index contributed by atoms with van der Waals surface area (Å²) in [6, 6.07) is 10.3.